The van der Waals surface area contributed by atoms with E-state index in [-0.39, 0.29) is 11.9 Å². The van der Waals surface area contributed by atoms with Gasteiger partial charge in [0, 0.05) is 50.5 Å². The summed E-state index contributed by atoms with van der Waals surface area (Å²) in [6, 6.07) is 4.34. The Kier molecular flexibility index (Phi) is 4.96. The van der Waals surface area contributed by atoms with Crippen molar-refractivity contribution < 1.29 is 4.79 Å². The smallest absolute Gasteiger partial charge is 0.237 e. The number of halogens is 1. The van der Waals surface area contributed by atoms with Gasteiger partial charge in [0.1, 0.15) is 5.15 Å². The van der Waals surface area contributed by atoms with Gasteiger partial charge in [-0.05, 0) is 25.8 Å². The zero-order chi connectivity index (χ0) is 15.5. The molecule has 2 fully saturated rings. The van der Waals surface area contributed by atoms with Crippen LogP contribution in [0.1, 0.15) is 25.3 Å². The summed E-state index contributed by atoms with van der Waals surface area (Å²) in [5.74, 6) is 0.172. The van der Waals surface area contributed by atoms with Gasteiger partial charge in [0.2, 0.25) is 5.91 Å². The van der Waals surface area contributed by atoms with E-state index in [1.54, 1.807) is 6.20 Å². The molecule has 1 saturated carbocycles. The van der Waals surface area contributed by atoms with Gasteiger partial charge in [-0.15, -0.1) is 0 Å². The Morgan fingerprint density at radius 1 is 1.41 bits per heavy atom. The third-order valence-corrected chi connectivity index (χ3v) is 4.83. The number of amides is 1. The number of nitrogens with one attached hydrogen (secondary N) is 1. The van der Waals surface area contributed by atoms with Crippen molar-refractivity contribution in [2.24, 2.45) is 0 Å². The average molecular weight is 323 g/mol. The van der Waals surface area contributed by atoms with Crippen LogP contribution in [-0.4, -0.2) is 59.0 Å². The number of hydrogen-bond acceptors (Lipinski definition) is 4. The first kappa shape index (κ1) is 15.7. The number of pyridine rings is 1. The van der Waals surface area contributed by atoms with E-state index in [4.69, 9.17) is 11.6 Å². The molecule has 0 aromatic carbocycles. The summed E-state index contributed by atoms with van der Waals surface area (Å²) in [5, 5.41) is 3.67. The van der Waals surface area contributed by atoms with Crippen LogP contribution in [0.3, 0.4) is 0 Å². The number of nitrogens with zero attached hydrogens (tertiary/aromatic N) is 3. The summed E-state index contributed by atoms with van der Waals surface area (Å²) >= 11 is 6.12. The van der Waals surface area contributed by atoms with E-state index in [0.717, 1.165) is 51.1 Å². The van der Waals surface area contributed by atoms with Crippen LogP contribution in [-0.2, 0) is 11.3 Å². The molecule has 0 bridgehead atoms. The van der Waals surface area contributed by atoms with E-state index >= 15 is 0 Å². The summed E-state index contributed by atoms with van der Waals surface area (Å²) in [6.45, 7) is 6.56. The van der Waals surface area contributed by atoms with Crippen molar-refractivity contribution in [3.63, 3.8) is 0 Å². The molecule has 1 aromatic rings. The SMILES string of the molecule is CC(C(=O)NC1CC1)N1CCN(Cc2cccnc2Cl)CC1. The number of aromatic nitrogens is 1. The maximum atomic E-state index is 12.1. The Morgan fingerprint density at radius 3 is 2.77 bits per heavy atom. The number of carbonyl (C=O) groups is 1. The second-order valence-corrected chi connectivity index (χ2v) is 6.58. The zero-order valence-electron chi connectivity index (χ0n) is 13.0. The third kappa shape index (κ3) is 3.97. The molecule has 1 aliphatic carbocycles. The highest BCUT2D eigenvalue weighted by Gasteiger charge is 2.30. The van der Waals surface area contributed by atoms with Crippen LogP contribution in [0.4, 0.5) is 0 Å². The average Bonchev–Trinajstić information content (AvgIpc) is 3.33. The van der Waals surface area contributed by atoms with Gasteiger partial charge in [-0.2, -0.15) is 0 Å². The van der Waals surface area contributed by atoms with Crippen molar-refractivity contribution in [1.29, 1.82) is 0 Å². The molecular formula is C16H23ClN4O. The number of rotatable bonds is 5. The maximum absolute atomic E-state index is 12.1. The van der Waals surface area contributed by atoms with E-state index in [2.05, 4.69) is 20.1 Å². The largest absolute Gasteiger partial charge is 0.352 e. The van der Waals surface area contributed by atoms with Crippen molar-refractivity contribution in [3.8, 4) is 0 Å². The van der Waals surface area contributed by atoms with Crippen LogP contribution in [0.15, 0.2) is 18.3 Å². The number of piperazine rings is 1. The van der Waals surface area contributed by atoms with E-state index in [0.29, 0.717) is 11.2 Å². The van der Waals surface area contributed by atoms with Crippen LogP contribution >= 0.6 is 11.6 Å². The Morgan fingerprint density at radius 2 is 2.14 bits per heavy atom. The Hall–Kier alpha value is -1.17. The lowest BCUT2D eigenvalue weighted by molar-refractivity contribution is -0.126. The fraction of sp³-hybridized carbons (Fsp3) is 0.625. The minimum atomic E-state index is -0.0373. The molecular weight excluding hydrogens is 300 g/mol. The molecule has 2 aliphatic rings. The van der Waals surface area contributed by atoms with Gasteiger partial charge in [0.25, 0.3) is 0 Å². The van der Waals surface area contributed by atoms with Crippen LogP contribution < -0.4 is 5.32 Å². The van der Waals surface area contributed by atoms with Crippen molar-refractivity contribution in [2.45, 2.75) is 38.4 Å². The lowest BCUT2D eigenvalue weighted by atomic mass is 10.2. The fourth-order valence-corrected chi connectivity index (χ4v) is 2.98. The number of carbonyl (C=O) groups excluding carboxylic acids is 1. The lowest BCUT2D eigenvalue weighted by Crippen LogP contribution is -2.53. The molecule has 1 atom stereocenters. The topological polar surface area (TPSA) is 48.5 Å². The van der Waals surface area contributed by atoms with Gasteiger partial charge in [-0.3, -0.25) is 14.6 Å². The van der Waals surface area contributed by atoms with E-state index in [1.807, 2.05) is 19.1 Å². The first-order valence-electron chi connectivity index (χ1n) is 7.99. The van der Waals surface area contributed by atoms with Crippen LogP contribution in [0, 0.1) is 0 Å². The molecule has 2 heterocycles. The minimum absolute atomic E-state index is 0.0373. The summed E-state index contributed by atoms with van der Waals surface area (Å²) in [6.07, 6.45) is 3.99. The van der Waals surface area contributed by atoms with Crippen molar-refractivity contribution in [2.75, 3.05) is 26.2 Å². The fourth-order valence-electron chi connectivity index (χ4n) is 2.80. The predicted molar refractivity (Wildman–Crippen MR) is 86.7 cm³/mol. The van der Waals surface area contributed by atoms with Gasteiger partial charge >= 0.3 is 0 Å². The highest BCUT2D eigenvalue weighted by molar-refractivity contribution is 6.30. The summed E-state index contributed by atoms with van der Waals surface area (Å²) in [4.78, 5) is 20.9. The monoisotopic (exact) mass is 322 g/mol. The molecule has 1 aromatic heterocycles. The molecule has 3 rings (SSSR count). The molecule has 1 amide bonds. The highest BCUT2D eigenvalue weighted by atomic mass is 35.5. The van der Waals surface area contributed by atoms with Gasteiger partial charge in [-0.25, -0.2) is 4.98 Å². The van der Waals surface area contributed by atoms with Gasteiger partial charge < -0.3 is 5.32 Å². The summed E-state index contributed by atoms with van der Waals surface area (Å²) in [7, 11) is 0. The highest BCUT2D eigenvalue weighted by Crippen LogP contribution is 2.20. The Labute approximate surface area is 136 Å². The molecule has 6 heteroatoms. The second-order valence-electron chi connectivity index (χ2n) is 6.22. The third-order valence-electron chi connectivity index (χ3n) is 4.49. The standard InChI is InChI=1S/C16H23ClN4O/c1-12(16(22)19-14-4-5-14)21-9-7-20(8-10-21)11-13-3-2-6-18-15(13)17/h2-3,6,12,14H,4-5,7-11H2,1H3,(H,19,22). The van der Waals surface area contributed by atoms with E-state index in [9.17, 15) is 4.79 Å². The Balaban J connectivity index is 1.47. The zero-order valence-corrected chi connectivity index (χ0v) is 13.7. The van der Waals surface area contributed by atoms with Crippen molar-refractivity contribution in [3.05, 3.63) is 29.0 Å². The summed E-state index contributed by atoms with van der Waals surface area (Å²) < 4.78 is 0. The van der Waals surface area contributed by atoms with E-state index < -0.39 is 0 Å². The van der Waals surface area contributed by atoms with Crippen LogP contribution in [0.5, 0.6) is 0 Å². The van der Waals surface area contributed by atoms with Crippen molar-refractivity contribution >= 4 is 17.5 Å². The summed E-state index contributed by atoms with van der Waals surface area (Å²) in [5.41, 5.74) is 1.07. The molecule has 1 aliphatic heterocycles. The number of hydrogen-bond donors (Lipinski definition) is 1. The first-order valence-corrected chi connectivity index (χ1v) is 8.37. The normalized spacial score (nSPS) is 21.5. The minimum Gasteiger partial charge on any atom is -0.352 e. The lowest BCUT2D eigenvalue weighted by Gasteiger charge is -2.37. The first-order chi connectivity index (χ1) is 10.6. The van der Waals surface area contributed by atoms with Crippen LogP contribution in [0.2, 0.25) is 5.15 Å². The second kappa shape index (κ2) is 6.94. The molecule has 0 radical (unpaired) electrons. The van der Waals surface area contributed by atoms with Crippen LogP contribution in [0.25, 0.3) is 0 Å². The molecule has 0 spiro atoms. The quantitative estimate of drug-likeness (QED) is 0.835. The van der Waals surface area contributed by atoms with Gasteiger partial charge in [0.05, 0.1) is 6.04 Å². The molecule has 1 saturated heterocycles. The van der Waals surface area contributed by atoms with Gasteiger partial charge in [-0.1, -0.05) is 17.7 Å². The van der Waals surface area contributed by atoms with E-state index in [1.165, 1.54) is 0 Å². The van der Waals surface area contributed by atoms with Gasteiger partial charge in [0.15, 0.2) is 0 Å². The van der Waals surface area contributed by atoms with Crippen molar-refractivity contribution in [1.82, 2.24) is 20.1 Å². The molecule has 22 heavy (non-hydrogen) atoms. The molecule has 1 N–H and O–H groups in total. The Bertz CT molecular complexity index is 527. The predicted octanol–water partition coefficient (Wildman–Crippen LogP) is 1.52. The molecule has 120 valence electrons. The maximum Gasteiger partial charge on any atom is 0.237 e. The molecule has 5 nitrogen and oxygen atoms in total. The molecule has 1 unspecified atom stereocenters.